The number of hydrogen-bond acceptors (Lipinski definition) is 2. The van der Waals surface area contributed by atoms with E-state index in [-0.39, 0.29) is 6.04 Å². The predicted molar refractivity (Wildman–Crippen MR) is 55.6 cm³/mol. The Kier molecular flexibility index (Phi) is 5.49. The van der Waals surface area contributed by atoms with E-state index < -0.39 is 5.67 Å². The second-order valence-corrected chi connectivity index (χ2v) is 3.82. The summed E-state index contributed by atoms with van der Waals surface area (Å²) >= 11 is 0. The smallest absolute Gasteiger partial charge is 0.126 e. The first-order chi connectivity index (χ1) is 6.02. The molecule has 80 valence electrons. The lowest BCUT2D eigenvalue weighted by Crippen LogP contribution is -2.33. The third kappa shape index (κ3) is 4.58. The lowest BCUT2D eigenvalue weighted by atomic mass is 9.97. The molecule has 1 unspecified atom stereocenters. The molecular weight excluding hydrogens is 167 g/mol. The Hall–Kier alpha value is -0.150. The van der Waals surface area contributed by atoms with Crippen LogP contribution in [-0.4, -0.2) is 36.7 Å². The molecule has 1 fully saturated rings. The zero-order valence-corrected chi connectivity index (χ0v) is 9.31. The molecule has 0 saturated carbocycles. The summed E-state index contributed by atoms with van der Waals surface area (Å²) in [4.78, 5) is 2.02. The fourth-order valence-corrected chi connectivity index (χ4v) is 1.78. The van der Waals surface area contributed by atoms with E-state index in [1.54, 1.807) is 0 Å². The van der Waals surface area contributed by atoms with Crippen molar-refractivity contribution in [3.8, 4) is 0 Å². The summed E-state index contributed by atoms with van der Waals surface area (Å²) in [5.41, 5.74) is 4.53. The molecule has 1 aliphatic rings. The Bertz CT molecular complexity index is 139. The molecule has 2 atom stereocenters. The van der Waals surface area contributed by atoms with Crippen LogP contribution in [0.5, 0.6) is 0 Å². The fraction of sp³-hybridized carbons (Fsp3) is 1.00. The summed E-state index contributed by atoms with van der Waals surface area (Å²) in [5, 5.41) is 0. The molecule has 13 heavy (non-hydrogen) atoms. The van der Waals surface area contributed by atoms with E-state index in [0.29, 0.717) is 19.4 Å². The summed E-state index contributed by atoms with van der Waals surface area (Å²) in [7, 11) is 1.95. The van der Waals surface area contributed by atoms with Crippen molar-refractivity contribution in [2.45, 2.75) is 45.3 Å². The van der Waals surface area contributed by atoms with Crippen LogP contribution in [0.2, 0.25) is 0 Å². The molecule has 1 aliphatic heterocycles. The van der Waals surface area contributed by atoms with Crippen molar-refractivity contribution in [2.75, 3.05) is 20.1 Å². The normalized spacial score (nSPS) is 30.9. The molecule has 0 radical (unpaired) electrons. The van der Waals surface area contributed by atoms with E-state index >= 15 is 0 Å². The van der Waals surface area contributed by atoms with Gasteiger partial charge in [-0.2, -0.15) is 0 Å². The quantitative estimate of drug-likeness (QED) is 0.719. The lowest BCUT2D eigenvalue weighted by Gasteiger charge is -2.21. The van der Waals surface area contributed by atoms with E-state index in [0.717, 1.165) is 6.54 Å². The number of halogens is 1. The minimum atomic E-state index is -1.01. The molecular formula is C10H23FN2. The Balaban J connectivity index is 0.000000671. The molecule has 1 rings (SSSR count). The van der Waals surface area contributed by atoms with Gasteiger partial charge in [0.1, 0.15) is 5.67 Å². The number of nitrogens with zero attached hydrogens (tertiary/aromatic N) is 1. The number of alkyl halides is 1. The van der Waals surface area contributed by atoms with Crippen LogP contribution in [0.1, 0.15) is 33.6 Å². The van der Waals surface area contributed by atoms with Gasteiger partial charge >= 0.3 is 0 Å². The third-order valence-corrected chi connectivity index (χ3v) is 2.18. The van der Waals surface area contributed by atoms with Crippen LogP contribution >= 0.6 is 0 Å². The molecule has 2 N–H and O–H groups in total. The minimum Gasteiger partial charge on any atom is -0.328 e. The Morgan fingerprint density at radius 2 is 2.08 bits per heavy atom. The van der Waals surface area contributed by atoms with Crippen molar-refractivity contribution < 1.29 is 4.39 Å². The van der Waals surface area contributed by atoms with Gasteiger partial charge in [-0.05, 0) is 26.8 Å². The maximum Gasteiger partial charge on any atom is 0.126 e. The van der Waals surface area contributed by atoms with Crippen LogP contribution < -0.4 is 5.73 Å². The Labute approximate surface area is 81.3 Å². The minimum absolute atomic E-state index is 0.0218. The molecule has 0 bridgehead atoms. The highest BCUT2D eigenvalue weighted by molar-refractivity contribution is 4.91. The van der Waals surface area contributed by atoms with Gasteiger partial charge in [0, 0.05) is 19.1 Å². The van der Waals surface area contributed by atoms with E-state index in [1.807, 2.05) is 32.7 Å². The average molecular weight is 190 g/mol. The van der Waals surface area contributed by atoms with Crippen LogP contribution in [0, 0.1) is 0 Å². The molecule has 3 heteroatoms. The zero-order valence-electron chi connectivity index (χ0n) is 9.31. The standard InChI is InChI=1S/C8H17FN2.C2H6/c1-7(10)5-8(9)3-4-11(2)6-8;1-2/h7H,3-6,10H2,1-2H3;1-2H3/t7?,8-;/m0./s1. The molecule has 0 aromatic rings. The molecule has 1 saturated heterocycles. The maximum absolute atomic E-state index is 13.7. The van der Waals surface area contributed by atoms with Gasteiger partial charge in [0.15, 0.2) is 0 Å². The second kappa shape index (κ2) is 5.55. The van der Waals surface area contributed by atoms with Crippen molar-refractivity contribution in [2.24, 2.45) is 5.73 Å². The lowest BCUT2D eigenvalue weighted by molar-refractivity contribution is 0.151. The highest BCUT2D eigenvalue weighted by atomic mass is 19.1. The van der Waals surface area contributed by atoms with Crippen LogP contribution in [0.25, 0.3) is 0 Å². The summed E-state index contributed by atoms with van der Waals surface area (Å²) in [6.45, 7) is 7.28. The van der Waals surface area contributed by atoms with Crippen LogP contribution in [0.3, 0.4) is 0 Å². The monoisotopic (exact) mass is 190 g/mol. The Morgan fingerprint density at radius 1 is 1.54 bits per heavy atom. The first kappa shape index (κ1) is 12.8. The Morgan fingerprint density at radius 3 is 2.38 bits per heavy atom. The van der Waals surface area contributed by atoms with Crippen molar-refractivity contribution in [3.63, 3.8) is 0 Å². The first-order valence-corrected chi connectivity index (χ1v) is 5.15. The first-order valence-electron chi connectivity index (χ1n) is 5.15. The molecule has 0 aromatic carbocycles. The summed E-state index contributed by atoms with van der Waals surface area (Å²) < 4.78 is 13.7. The van der Waals surface area contributed by atoms with Crippen LogP contribution in [0.15, 0.2) is 0 Å². The predicted octanol–water partition coefficient (Wildman–Crippen LogP) is 1.79. The number of likely N-dealkylation sites (tertiary alicyclic amines) is 1. The maximum atomic E-state index is 13.7. The highest BCUT2D eigenvalue weighted by Crippen LogP contribution is 2.28. The third-order valence-electron chi connectivity index (χ3n) is 2.18. The topological polar surface area (TPSA) is 29.3 Å². The van der Waals surface area contributed by atoms with Crippen molar-refractivity contribution >= 4 is 0 Å². The van der Waals surface area contributed by atoms with Crippen LogP contribution in [-0.2, 0) is 0 Å². The van der Waals surface area contributed by atoms with E-state index in [1.165, 1.54) is 0 Å². The van der Waals surface area contributed by atoms with Crippen molar-refractivity contribution in [3.05, 3.63) is 0 Å². The van der Waals surface area contributed by atoms with E-state index in [9.17, 15) is 4.39 Å². The van der Waals surface area contributed by atoms with Gasteiger partial charge in [-0.15, -0.1) is 0 Å². The number of hydrogen-bond donors (Lipinski definition) is 1. The van der Waals surface area contributed by atoms with Crippen molar-refractivity contribution in [1.29, 1.82) is 0 Å². The van der Waals surface area contributed by atoms with Gasteiger partial charge in [-0.1, -0.05) is 13.8 Å². The summed E-state index contributed by atoms with van der Waals surface area (Å²) in [6, 6.07) is -0.0218. The SMILES string of the molecule is CC.CC(N)C[C@@]1(F)CCN(C)C1. The van der Waals surface area contributed by atoms with Gasteiger partial charge < -0.3 is 10.6 Å². The largest absolute Gasteiger partial charge is 0.328 e. The summed E-state index contributed by atoms with van der Waals surface area (Å²) in [5.74, 6) is 0. The van der Waals surface area contributed by atoms with Gasteiger partial charge in [0.05, 0.1) is 0 Å². The van der Waals surface area contributed by atoms with Gasteiger partial charge in [0.2, 0.25) is 0 Å². The second-order valence-electron chi connectivity index (χ2n) is 3.82. The van der Waals surface area contributed by atoms with Gasteiger partial charge in [0.25, 0.3) is 0 Å². The number of nitrogens with two attached hydrogens (primary N) is 1. The molecule has 0 aromatic heterocycles. The zero-order chi connectivity index (χ0) is 10.5. The molecule has 0 aliphatic carbocycles. The average Bonchev–Trinajstić information content (AvgIpc) is 2.33. The molecule has 0 spiro atoms. The molecule has 0 amide bonds. The number of rotatable bonds is 2. The molecule has 2 nitrogen and oxygen atoms in total. The van der Waals surface area contributed by atoms with Gasteiger partial charge in [-0.3, -0.25) is 0 Å². The van der Waals surface area contributed by atoms with Crippen molar-refractivity contribution in [1.82, 2.24) is 4.90 Å². The fourth-order valence-electron chi connectivity index (χ4n) is 1.78. The van der Waals surface area contributed by atoms with E-state index in [2.05, 4.69) is 0 Å². The summed E-state index contributed by atoms with van der Waals surface area (Å²) in [6.07, 6.45) is 1.14. The van der Waals surface area contributed by atoms with Gasteiger partial charge in [-0.25, -0.2) is 4.39 Å². The van der Waals surface area contributed by atoms with E-state index in [4.69, 9.17) is 5.73 Å². The highest BCUT2D eigenvalue weighted by Gasteiger charge is 2.36. The molecule has 1 heterocycles. The van der Waals surface area contributed by atoms with Crippen LogP contribution in [0.4, 0.5) is 4.39 Å².